The molecule has 0 saturated heterocycles. The van der Waals surface area contributed by atoms with Gasteiger partial charge in [-0.15, -0.1) is 0 Å². The Balaban J connectivity index is 2.62. The van der Waals surface area contributed by atoms with E-state index in [1.54, 1.807) is 18.4 Å². The number of furan rings is 1. The first-order valence-electron chi connectivity index (χ1n) is 2.29. The summed E-state index contributed by atoms with van der Waals surface area (Å²) >= 11 is 0. The maximum absolute atomic E-state index is 6.44. The van der Waals surface area contributed by atoms with Gasteiger partial charge < -0.3 is 4.42 Å². The van der Waals surface area contributed by atoms with Crippen LogP contribution in [0.25, 0.3) is 0 Å². The molecule has 0 fully saturated rings. The van der Waals surface area contributed by atoms with Crippen LogP contribution in [0.1, 0.15) is 5.76 Å². The van der Waals surface area contributed by atoms with Gasteiger partial charge in [0.2, 0.25) is 0 Å². The zero-order valence-electron chi connectivity index (χ0n) is 4.29. The van der Waals surface area contributed by atoms with Crippen LogP contribution in [0.5, 0.6) is 0 Å². The first-order valence-corrected chi connectivity index (χ1v) is 2.29. The summed E-state index contributed by atoms with van der Waals surface area (Å²) in [6, 6.07) is 3.57. The molecule has 1 aromatic heterocycles. The molecule has 1 heterocycles. The SMILES string of the molecule is N=NCc1ccco1. The van der Waals surface area contributed by atoms with Crippen molar-refractivity contribution in [2.75, 3.05) is 0 Å². The van der Waals surface area contributed by atoms with Gasteiger partial charge in [0.1, 0.15) is 12.3 Å². The molecule has 3 nitrogen and oxygen atoms in total. The largest absolute Gasteiger partial charge is 0.467 e. The van der Waals surface area contributed by atoms with E-state index < -0.39 is 0 Å². The van der Waals surface area contributed by atoms with Crippen molar-refractivity contribution in [3.63, 3.8) is 0 Å². The molecule has 0 atom stereocenters. The first-order chi connectivity index (χ1) is 3.93. The monoisotopic (exact) mass is 110 g/mol. The van der Waals surface area contributed by atoms with E-state index in [0.29, 0.717) is 6.54 Å². The van der Waals surface area contributed by atoms with Gasteiger partial charge in [0.25, 0.3) is 0 Å². The summed E-state index contributed by atoms with van der Waals surface area (Å²) in [4.78, 5) is 0. The van der Waals surface area contributed by atoms with Gasteiger partial charge in [-0.05, 0) is 12.1 Å². The van der Waals surface area contributed by atoms with Crippen molar-refractivity contribution < 1.29 is 4.42 Å². The molecule has 1 N–H and O–H groups in total. The van der Waals surface area contributed by atoms with Crippen LogP contribution in [0, 0.1) is 5.53 Å². The van der Waals surface area contributed by atoms with Crippen LogP contribution in [-0.4, -0.2) is 0 Å². The molecule has 0 bridgehead atoms. The molecule has 0 saturated carbocycles. The highest BCUT2D eigenvalue weighted by molar-refractivity contribution is 4.96. The van der Waals surface area contributed by atoms with E-state index in [0.717, 1.165) is 5.76 Å². The van der Waals surface area contributed by atoms with Crippen LogP contribution in [0.3, 0.4) is 0 Å². The summed E-state index contributed by atoms with van der Waals surface area (Å²) < 4.78 is 4.86. The highest BCUT2D eigenvalue weighted by Crippen LogP contribution is 1.99. The third kappa shape index (κ3) is 0.932. The lowest BCUT2D eigenvalue weighted by Gasteiger charge is -1.80. The highest BCUT2D eigenvalue weighted by Gasteiger charge is 1.88. The number of nitrogens with one attached hydrogen (secondary N) is 1. The van der Waals surface area contributed by atoms with Crippen molar-refractivity contribution in [3.8, 4) is 0 Å². The normalized spacial score (nSPS) is 9.00. The second kappa shape index (κ2) is 2.26. The molecule has 0 aliphatic rings. The van der Waals surface area contributed by atoms with Crippen LogP contribution >= 0.6 is 0 Å². The van der Waals surface area contributed by atoms with Gasteiger partial charge in [0.15, 0.2) is 0 Å². The van der Waals surface area contributed by atoms with Gasteiger partial charge in [0.05, 0.1) is 6.26 Å². The molecule has 0 amide bonds. The Hall–Kier alpha value is -1.12. The standard InChI is InChI=1S/C5H6N2O/c6-7-4-5-2-1-3-8-5/h1-3,6H,4H2. The predicted octanol–water partition coefficient (Wildman–Crippen LogP) is 1.81. The maximum Gasteiger partial charge on any atom is 0.127 e. The van der Waals surface area contributed by atoms with Crippen LogP contribution in [-0.2, 0) is 6.54 Å². The van der Waals surface area contributed by atoms with E-state index in [2.05, 4.69) is 5.11 Å². The van der Waals surface area contributed by atoms with Gasteiger partial charge in [-0.2, -0.15) is 5.11 Å². The molecule has 0 aliphatic heterocycles. The molecule has 0 aromatic carbocycles. The lowest BCUT2D eigenvalue weighted by molar-refractivity contribution is 0.507. The molecule has 1 aromatic rings. The average molecular weight is 110 g/mol. The Morgan fingerprint density at radius 1 is 1.75 bits per heavy atom. The first kappa shape index (κ1) is 5.03. The van der Waals surface area contributed by atoms with E-state index in [-0.39, 0.29) is 0 Å². The number of hydrogen-bond acceptors (Lipinski definition) is 3. The molecule has 1 rings (SSSR count). The summed E-state index contributed by atoms with van der Waals surface area (Å²) in [7, 11) is 0. The molecule has 0 radical (unpaired) electrons. The fourth-order valence-electron chi connectivity index (χ4n) is 0.480. The highest BCUT2D eigenvalue weighted by atomic mass is 16.3. The smallest absolute Gasteiger partial charge is 0.127 e. The van der Waals surface area contributed by atoms with Crippen molar-refractivity contribution >= 4 is 0 Å². The van der Waals surface area contributed by atoms with Gasteiger partial charge in [-0.25, -0.2) is 5.53 Å². The molecule has 3 heteroatoms. The molecule has 42 valence electrons. The minimum atomic E-state index is 0.354. The fourth-order valence-corrected chi connectivity index (χ4v) is 0.480. The second-order valence-corrected chi connectivity index (χ2v) is 1.40. The summed E-state index contributed by atoms with van der Waals surface area (Å²) in [5.41, 5.74) is 6.44. The lowest BCUT2D eigenvalue weighted by atomic mass is 10.5. The number of rotatable bonds is 2. The number of hydrogen-bond donors (Lipinski definition) is 1. The van der Waals surface area contributed by atoms with E-state index in [1.165, 1.54) is 0 Å². The van der Waals surface area contributed by atoms with E-state index in [1.807, 2.05) is 0 Å². The topological polar surface area (TPSA) is 49.4 Å². The van der Waals surface area contributed by atoms with E-state index in [4.69, 9.17) is 9.95 Å². The quantitative estimate of drug-likeness (QED) is 0.580. The summed E-state index contributed by atoms with van der Waals surface area (Å²) in [5, 5.41) is 3.13. The van der Waals surface area contributed by atoms with Crippen LogP contribution in [0.15, 0.2) is 27.9 Å². The molecular formula is C5H6N2O. The molecular weight excluding hydrogens is 104 g/mol. The zero-order chi connectivity index (χ0) is 5.82. The van der Waals surface area contributed by atoms with Crippen molar-refractivity contribution in [1.29, 1.82) is 5.53 Å². The molecule has 0 spiro atoms. The summed E-state index contributed by atoms with van der Waals surface area (Å²) in [6.07, 6.45) is 1.57. The van der Waals surface area contributed by atoms with Gasteiger partial charge in [-0.1, -0.05) is 0 Å². The summed E-state index contributed by atoms with van der Waals surface area (Å²) in [5.74, 6) is 0.736. The van der Waals surface area contributed by atoms with Crippen LogP contribution < -0.4 is 0 Å². The lowest BCUT2D eigenvalue weighted by Crippen LogP contribution is -1.69. The zero-order valence-corrected chi connectivity index (χ0v) is 4.29. The van der Waals surface area contributed by atoms with Crippen molar-refractivity contribution in [2.24, 2.45) is 5.11 Å². The molecule has 0 unspecified atom stereocenters. The molecule has 8 heavy (non-hydrogen) atoms. The van der Waals surface area contributed by atoms with Gasteiger partial charge >= 0.3 is 0 Å². The van der Waals surface area contributed by atoms with Crippen LogP contribution in [0.2, 0.25) is 0 Å². The Morgan fingerprint density at radius 3 is 3.12 bits per heavy atom. The van der Waals surface area contributed by atoms with E-state index in [9.17, 15) is 0 Å². The van der Waals surface area contributed by atoms with Crippen LogP contribution in [0.4, 0.5) is 0 Å². The molecule has 0 aliphatic carbocycles. The minimum absolute atomic E-state index is 0.354. The maximum atomic E-state index is 6.44. The van der Waals surface area contributed by atoms with Crippen molar-refractivity contribution in [2.45, 2.75) is 6.54 Å². The Morgan fingerprint density at radius 2 is 2.62 bits per heavy atom. The Kier molecular flexibility index (Phi) is 1.42. The average Bonchev–Trinajstić information content (AvgIpc) is 2.19. The Labute approximate surface area is 46.8 Å². The Bertz CT molecular complexity index is 157. The predicted molar refractivity (Wildman–Crippen MR) is 27.6 cm³/mol. The van der Waals surface area contributed by atoms with Crippen molar-refractivity contribution in [3.05, 3.63) is 24.2 Å². The minimum Gasteiger partial charge on any atom is -0.467 e. The fraction of sp³-hybridized carbons (Fsp3) is 0.200. The summed E-state index contributed by atoms with van der Waals surface area (Å²) in [6.45, 7) is 0.354. The third-order valence-corrected chi connectivity index (χ3v) is 0.815. The second-order valence-electron chi connectivity index (χ2n) is 1.40. The van der Waals surface area contributed by atoms with Crippen molar-refractivity contribution in [1.82, 2.24) is 0 Å². The van der Waals surface area contributed by atoms with Gasteiger partial charge in [0, 0.05) is 0 Å². The third-order valence-electron chi connectivity index (χ3n) is 0.815. The van der Waals surface area contributed by atoms with E-state index >= 15 is 0 Å². The van der Waals surface area contributed by atoms with Gasteiger partial charge in [-0.3, -0.25) is 0 Å². The number of nitrogens with zero attached hydrogens (tertiary/aromatic N) is 1.